The van der Waals surface area contributed by atoms with Crippen LogP contribution in [0, 0.1) is 13.8 Å². The second kappa shape index (κ2) is 7.92. The fourth-order valence-corrected chi connectivity index (χ4v) is 4.58. The zero-order chi connectivity index (χ0) is 22.2. The first-order valence-corrected chi connectivity index (χ1v) is 11.2. The summed E-state index contributed by atoms with van der Waals surface area (Å²) in [6.45, 7) is 3.83. The molecular formula is C24H22N2O4S. The van der Waals surface area contributed by atoms with Crippen LogP contribution in [0.15, 0.2) is 82.1 Å². The summed E-state index contributed by atoms with van der Waals surface area (Å²) in [5.41, 5.74) is 3.54. The summed E-state index contributed by atoms with van der Waals surface area (Å²) in [4.78, 5) is 12.9. The third-order valence-electron chi connectivity index (χ3n) is 5.19. The molecule has 0 saturated carbocycles. The number of anilines is 2. The van der Waals surface area contributed by atoms with Gasteiger partial charge in [0, 0.05) is 23.7 Å². The number of aryl methyl sites for hydroxylation is 2. The summed E-state index contributed by atoms with van der Waals surface area (Å²) in [5, 5.41) is 3.67. The van der Waals surface area contributed by atoms with Crippen LogP contribution in [-0.2, 0) is 10.0 Å². The van der Waals surface area contributed by atoms with Crippen molar-refractivity contribution in [2.45, 2.75) is 18.7 Å². The third kappa shape index (κ3) is 3.92. The second-order valence-electron chi connectivity index (χ2n) is 7.34. The molecule has 0 aliphatic rings. The molecule has 1 heterocycles. The molecule has 0 atom stereocenters. The van der Waals surface area contributed by atoms with E-state index in [0.29, 0.717) is 17.0 Å². The van der Waals surface area contributed by atoms with Crippen molar-refractivity contribution >= 4 is 38.3 Å². The molecule has 0 unspecified atom stereocenters. The highest BCUT2D eigenvalue weighted by molar-refractivity contribution is 7.92. The molecule has 4 aromatic rings. The Balaban J connectivity index is 1.55. The molecule has 0 fully saturated rings. The molecule has 1 amide bonds. The van der Waals surface area contributed by atoms with Gasteiger partial charge in [0.25, 0.3) is 15.9 Å². The lowest BCUT2D eigenvalue weighted by atomic mass is 10.1. The van der Waals surface area contributed by atoms with Crippen LogP contribution in [0.25, 0.3) is 11.0 Å². The first-order valence-electron chi connectivity index (χ1n) is 9.72. The van der Waals surface area contributed by atoms with Crippen molar-refractivity contribution < 1.29 is 17.6 Å². The number of sulfonamides is 1. The van der Waals surface area contributed by atoms with Crippen LogP contribution in [-0.4, -0.2) is 21.4 Å². The average Bonchev–Trinajstić information content (AvgIpc) is 3.10. The molecule has 0 radical (unpaired) electrons. The van der Waals surface area contributed by atoms with Crippen molar-refractivity contribution in [1.29, 1.82) is 0 Å². The summed E-state index contributed by atoms with van der Waals surface area (Å²) in [7, 11) is -2.21. The van der Waals surface area contributed by atoms with E-state index in [1.54, 1.807) is 36.4 Å². The summed E-state index contributed by atoms with van der Waals surface area (Å²) in [6, 6.07) is 20.7. The van der Waals surface area contributed by atoms with Crippen LogP contribution in [0.1, 0.15) is 21.7 Å². The SMILES string of the molecule is Cc1ccc2oc(C(=O)Nc3ccc(S(=O)(=O)N(C)c4ccccc4)cc3)c(C)c2c1. The first kappa shape index (κ1) is 20.7. The highest BCUT2D eigenvalue weighted by atomic mass is 32.2. The Morgan fingerprint density at radius 2 is 1.61 bits per heavy atom. The highest BCUT2D eigenvalue weighted by Crippen LogP contribution is 2.27. The second-order valence-corrected chi connectivity index (χ2v) is 9.31. The molecule has 1 N–H and O–H groups in total. The lowest BCUT2D eigenvalue weighted by Crippen LogP contribution is -2.26. The first-order chi connectivity index (χ1) is 14.8. The number of rotatable bonds is 5. The quantitative estimate of drug-likeness (QED) is 0.472. The third-order valence-corrected chi connectivity index (χ3v) is 6.99. The van der Waals surface area contributed by atoms with Crippen LogP contribution in [0.4, 0.5) is 11.4 Å². The molecule has 3 aromatic carbocycles. The van der Waals surface area contributed by atoms with Gasteiger partial charge in [0.2, 0.25) is 0 Å². The van der Waals surface area contributed by atoms with Crippen LogP contribution in [0.3, 0.4) is 0 Å². The predicted octanol–water partition coefficient (Wildman–Crippen LogP) is 5.13. The number of carbonyl (C=O) groups excluding carboxylic acids is 1. The molecule has 1 aromatic heterocycles. The Morgan fingerprint density at radius 3 is 2.29 bits per heavy atom. The van der Waals surface area contributed by atoms with Gasteiger partial charge in [0.15, 0.2) is 5.76 Å². The van der Waals surface area contributed by atoms with E-state index in [2.05, 4.69) is 5.32 Å². The minimum absolute atomic E-state index is 0.132. The molecular weight excluding hydrogens is 412 g/mol. The van der Waals surface area contributed by atoms with E-state index >= 15 is 0 Å². The fourth-order valence-electron chi connectivity index (χ4n) is 3.38. The number of nitrogens with zero attached hydrogens (tertiary/aromatic N) is 1. The zero-order valence-corrected chi connectivity index (χ0v) is 18.2. The Kier molecular flexibility index (Phi) is 5.29. The zero-order valence-electron chi connectivity index (χ0n) is 17.4. The number of furan rings is 1. The Labute approximate surface area is 181 Å². The predicted molar refractivity (Wildman–Crippen MR) is 122 cm³/mol. The van der Waals surface area contributed by atoms with E-state index in [4.69, 9.17) is 4.42 Å². The smallest absolute Gasteiger partial charge is 0.291 e. The van der Waals surface area contributed by atoms with Crippen LogP contribution in [0.2, 0.25) is 0 Å². The van der Waals surface area contributed by atoms with Gasteiger partial charge in [0.05, 0.1) is 10.6 Å². The Bertz CT molecular complexity index is 1360. The van der Waals surface area contributed by atoms with Gasteiger partial charge in [-0.1, -0.05) is 29.8 Å². The molecule has 0 aliphatic heterocycles. The van der Waals surface area contributed by atoms with Crippen LogP contribution >= 0.6 is 0 Å². The number of amides is 1. The molecule has 0 bridgehead atoms. The number of hydrogen-bond donors (Lipinski definition) is 1. The lowest BCUT2D eigenvalue weighted by molar-refractivity contribution is 0.0998. The maximum absolute atomic E-state index is 12.9. The Morgan fingerprint density at radius 1 is 0.935 bits per heavy atom. The van der Waals surface area contributed by atoms with Gasteiger partial charge in [-0.25, -0.2) is 8.42 Å². The van der Waals surface area contributed by atoms with Crippen molar-refractivity contribution in [1.82, 2.24) is 0 Å². The molecule has 0 aliphatic carbocycles. The van der Waals surface area contributed by atoms with E-state index in [0.717, 1.165) is 16.5 Å². The topological polar surface area (TPSA) is 79.6 Å². The van der Waals surface area contributed by atoms with Crippen LogP contribution in [0.5, 0.6) is 0 Å². The summed E-state index contributed by atoms with van der Waals surface area (Å²) in [6.07, 6.45) is 0. The minimum Gasteiger partial charge on any atom is -0.451 e. The molecule has 31 heavy (non-hydrogen) atoms. The van der Waals surface area contributed by atoms with Gasteiger partial charge in [-0.3, -0.25) is 9.10 Å². The molecule has 4 rings (SSSR count). The number of para-hydroxylation sites is 1. The van der Waals surface area contributed by atoms with Crippen LogP contribution < -0.4 is 9.62 Å². The van der Waals surface area contributed by atoms with Gasteiger partial charge in [-0.05, 0) is 62.4 Å². The highest BCUT2D eigenvalue weighted by Gasteiger charge is 2.22. The van der Waals surface area contributed by atoms with E-state index in [-0.39, 0.29) is 16.6 Å². The van der Waals surface area contributed by atoms with Gasteiger partial charge < -0.3 is 9.73 Å². The lowest BCUT2D eigenvalue weighted by Gasteiger charge is -2.19. The van der Waals surface area contributed by atoms with Crippen molar-refractivity contribution in [2.24, 2.45) is 0 Å². The molecule has 7 heteroatoms. The summed E-state index contributed by atoms with van der Waals surface area (Å²) < 4.78 is 32.7. The largest absolute Gasteiger partial charge is 0.451 e. The maximum atomic E-state index is 12.9. The van der Waals surface area contributed by atoms with E-state index in [1.165, 1.54) is 23.5 Å². The molecule has 0 spiro atoms. The van der Waals surface area contributed by atoms with Crippen molar-refractivity contribution in [3.8, 4) is 0 Å². The van der Waals surface area contributed by atoms with Gasteiger partial charge in [0.1, 0.15) is 5.58 Å². The number of benzene rings is 3. The number of fused-ring (bicyclic) bond motifs is 1. The standard InChI is InChI=1S/C24H22N2O4S/c1-16-9-14-22-21(15-16)17(2)23(30-22)24(27)25-18-10-12-20(13-11-18)31(28,29)26(3)19-7-5-4-6-8-19/h4-15H,1-3H3,(H,25,27). The number of nitrogens with one attached hydrogen (secondary N) is 1. The summed E-state index contributed by atoms with van der Waals surface area (Å²) in [5.74, 6) is -0.149. The normalized spacial score (nSPS) is 11.5. The van der Waals surface area contributed by atoms with Crippen molar-refractivity contribution in [3.63, 3.8) is 0 Å². The minimum atomic E-state index is -3.72. The number of carbonyl (C=O) groups is 1. The van der Waals surface area contributed by atoms with E-state index < -0.39 is 10.0 Å². The average molecular weight is 435 g/mol. The summed E-state index contributed by atoms with van der Waals surface area (Å²) >= 11 is 0. The van der Waals surface area contributed by atoms with Crippen molar-refractivity contribution in [2.75, 3.05) is 16.7 Å². The Hall–Kier alpha value is -3.58. The fraction of sp³-hybridized carbons (Fsp3) is 0.125. The molecule has 0 saturated heterocycles. The van der Waals surface area contributed by atoms with Crippen molar-refractivity contribution in [3.05, 3.63) is 89.7 Å². The number of hydrogen-bond acceptors (Lipinski definition) is 4. The van der Waals surface area contributed by atoms with E-state index in [9.17, 15) is 13.2 Å². The molecule has 158 valence electrons. The van der Waals surface area contributed by atoms with Gasteiger partial charge >= 0.3 is 0 Å². The maximum Gasteiger partial charge on any atom is 0.291 e. The molecule has 6 nitrogen and oxygen atoms in total. The van der Waals surface area contributed by atoms with Gasteiger partial charge in [-0.15, -0.1) is 0 Å². The van der Waals surface area contributed by atoms with E-state index in [1.807, 2.05) is 38.1 Å². The van der Waals surface area contributed by atoms with Gasteiger partial charge in [-0.2, -0.15) is 0 Å². The monoisotopic (exact) mass is 434 g/mol.